The van der Waals surface area contributed by atoms with E-state index in [9.17, 15) is 12.8 Å². The van der Waals surface area contributed by atoms with Crippen molar-refractivity contribution in [2.45, 2.75) is 11.6 Å². The topological polar surface area (TPSA) is 78.0 Å². The summed E-state index contributed by atoms with van der Waals surface area (Å²) in [4.78, 5) is 3.63. The molecule has 96 valence electrons. The molecule has 5 nitrogen and oxygen atoms in total. The van der Waals surface area contributed by atoms with Crippen LogP contribution in [0.4, 0.5) is 4.39 Å². The molecule has 0 aliphatic heterocycles. The van der Waals surface area contributed by atoms with E-state index >= 15 is 0 Å². The molecule has 0 spiro atoms. The van der Waals surface area contributed by atoms with Crippen LogP contribution in [-0.2, 0) is 16.6 Å². The van der Waals surface area contributed by atoms with E-state index in [2.05, 4.69) is 4.98 Å². The van der Waals surface area contributed by atoms with Crippen molar-refractivity contribution in [2.75, 3.05) is 0 Å². The molecule has 0 amide bonds. The van der Waals surface area contributed by atoms with Gasteiger partial charge in [-0.15, -0.1) is 0 Å². The molecule has 8 heteroatoms. The molecule has 1 aromatic heterocycles. The molecule has 1 aromatic carbocycles. The van der Waals surface area contributed by atoms with Gasteiger partial charge in [-0.2, -0.15) is 0 Å². The molecule has 0 saturated carbocycles. The number of primary sulfonamides is 1. The van der Waals surface area contributed by atoms with E-state index in [1.807, 2.05) is 0 Å². The number of halogens is 2. The number of aromatic nitrogens is 2. The molecule has 0 bridgehead atoms. The summed E-state index contributed by atoms with van der Waals surface area (Å²) in [6, 6.07) is 4.32. The SMILES string of the molecule is NS(=O)(=O)c1cn(Cc2c(F)cccc2Cl)cn1. The van der Waals surface area contributed by atoms with Crippen LogP contribution in [0.2, 0.25) is 5.02 Å². The molecule has 0 aliphatic carbocycles. The van der Waals surface area contributed by atoms with Gasteiger partial charge >= 0.3 is 0 Å². The van der Waals surface area contributed by atoms with Crippen LogP contribution in [0.5, 0.6) is 0 Å². The van der Waals surface area contributed by atoms with E-state index in [-0.39, 0.29) is 22.2 Å². The molecule has 0 radical (unpaired) electrons. The summed E-state index contributed by atoms with van der Waals surface area (Å²) in [5.41, 5.74) is 0.262. The Morgan fingerprint density at radius 2 is 2.17 bits per heavy atom. The molecule has 0 unspecified atom stereocenters. The molecule has 0 fully saturated rings. The van der Waals surface area contributed by atoms with Gasteiger partial charge in [0.25, 0.3) is 10.0 Å². The normalized spacial score (nSPS) is 11.7. The van der Waals surface area contributed by atoms with Gasteiger partial charge in [-0.25, -0.2) is 22.9 Å². The maximum absolute atomic E-state index is 13.5. The first kappa shape index (κ1) is 13.0. The number of benzene rings is 1. The number of imidazole rings is 1. The van der Waals surface area contributed by atoms with E-state index in [0.29, 0.717) is 0 Å². The fourth-order valence-corrected chi connectivity index (χ4v) is 2.14. The lowest BCUT2D eigenvalue weighted by atomic mass is 10.2. The Balaban J connectivity index is 2.33. The quantitative estimate of drug-likeness (QED) is 0.927. The van der Waals surface area contributed by atoms with Crippen molar-refractivity contribution >= 4 is 21.6 Å². The Morgan fingerprint density at radius 1 is 1.44 bits per heavy atom. The third-order valence-electron chi connectivity index (χ3n) is 2.30. The number of hydrogen-bond donors (Lipinski definition) is 1. The number of nitrogens with zero attached hydrogens (tertiary/aromatic N) is 2. The summed E-state index contributed by atoms with van der Waals surface area (Å²) in [5, 5.41) is 4.92. The Bertz CT molecular complexity index is 664. The van der Waals surface area contributed by atoms with Crippen molar-refractivity contribution < 1.29 is 12.8 Å². The smallest absolute Gasteiger partial charge is 0.257 e. The highest BCUT2D eigenvalue weighted by Gasteiger charge is 2.13. The number of nitrogens with two attached hydrogens (primary N) is 1. The molecule has 18 heavy (non-hydrogen) atoms. The maximum atomic E-state index is 13.5. The second-order valence-corrected chi connectivity index (χ2v) is 5.54. The lowest BCUT2D eigenvalue weighted by molar-refractivity contribution is 0.594. The Labute approximate surface area is 108 Å². The van der Waals surface area contributed by atoms with Crippen LogP contribution < -0.4 is 5.14 Å². The van der Waals surface area contributed by atoms with Crippen molar-refractivity contribution in [1.29, 1.82) is 0 Å². The van der Waals surface area contributed by atoms with Crippen molar-refractivity contribution in [3.63, 3.8) is 0 Å². The molecule has 0 aliphatic rings. The molecule has 1 heterocycles. The first-order valence-electron chi connectivity index (χ1n) is 4.85. The standard InChI is InChI=1S/C10H9ClFN3O2S/c11-8-2-1-3-9(12)7(8)4-15-5-10(14-6-15)18(13,16)17/h1-3,5-6H,4H2,(H2,13,16,17). The molecule has 0 atom stereocenters. The first-order chi connectivity index (χ1) is 8.38. The first-order valence-corrected chi connectivity index (χ1v) is 6.78. The van der Waals surface area contributed by atoms with Crippen LogP contribution in [0.15, 0.2) is 35.7 Å². The molecule has 0 saturated heterocycles. The van der Waals surface area contributed by atoms with Gasteiger partial charge in [0.05, 0.1) is 12.9 Å². The third-order valence-corrected chi connectivity index (χ3v) is 3.45. The molecule has 2 aromatic rings. The lowest BCUT2D eigenvalue weighted by Crippen LogP contribution is -2.12. The van der Waals surface area contributed by atoms with Crippen molar-refractivity contribution in [3.8, 4) is 0 Å². The van der Waals surface area contributed by atoms with E-state index in [1.54, 1.807) is 6.07 Å². The zero-order valence-electron chi connectivity index (χ0n) is 9.05. The van der Waals surface area contributed by atoms with E-state index in [1.165, 1.54) is 29.2 Å². The van der Waals surface area contributed by atoms with E-state index in [0.717, 1.165) is 0 Å². The second-order valence-electron chi connectivity index (χ2n) is 3.63. The van der Waals surface area contributed by atoms with Gasteiger partial charge in [-0.05, 0) is 12.1 Å². The fraction of sp³-hybridized carbons (Fsp3) is 0.100. The largest absolute Gasteiger partial charge is 0.331 e. The molecular formula is C10H9ClFN3O2S. The minimum absolute atomic E-state index is 0.0774. The van der Waals surface area contributed by atoms with Crippen LogP contribution in [0.3, 0.4) is 0 Å². The zero-order valence-corrected chi connectivity index (χ0v) is 10.6. The average Bonchev–Trinajstić information content (AvgIpc) is 2.72. The van der Waals surface area contributed by atoms with Crippen molar-refractivity contribution in [2.24, 2.45) is 5.14 Å². The van der Waals surface area contributed by atoms with Crippen LogP contribution in [0.1, 0.15) is 5.56 Å². The Morgan fingerprint density at radius 3 is 2.72 bits per heavy atom. The Hall–Kier alpha value is -1.44. The van der Waals surface area contributed by atoms with Crippen LogP contribution in [0.25, 0.3) is 0 Å². The summed E-state index contributed by atoms with van der Waals surface area (Å²) >= 11 is 5.86. The Kier molecular flexibility index (Phi) is 3.38. The van der Waals surface area contributed by atoms with Crippen molar-refractivity contribution in [1.82, 2.24) is 9.55 Å². The van der Waals surface area contributed by atoms with Gasteiger partial charge in [0.1, 0.15) is 5.82 Å². The number of hydrogen-bond acceptors (Lipinski definition) is 3. The van der Waals surface area contributed by atoms with Gasteiger partial charge in [0, 0.05) is 16.8 Å². The third kappa shape index (κ3) is 2.69. The van der Waals surface area contributed by atoms with Gasteiger partial charge < -0.3 is 4.57 Å². The van der Waals surface area contributed by atoms with Crippen LogP contribution in [0, 0.1) is 5.82 Å². The lowest BCUT2D eigenvalue weighted by Gasteiger charge is -2.05. The summed E-state index contributed by atoms with van der Waals surface area (Å²) < 4.78 is 37.0. The molecular weight excluding hydrogens is 281 g/mol. The van der Waals surface area contributed by atoms with Gasteiger partial charge in [-0.1, -0.05) is 17.7 Å². The number of sulfonamides is 1. The van der Waals surface area contributed by atoms with Gasteiger partial charge in [-0.3, -0.25) is 0 Å². The predicted octanol–water partition coefficient (Wildman–Crippen LogP) is 1.37. The average molecular weight is 290 g/mol. The molecule has 2 N–H and O–H groups in total. The minimum atomic E-state index is -3.85. The molecule has 2 rings (SSSR count). The fourth-order valence-electron chi connectivity index (χ4n) is 1.44. The maximum Gasteiger partial charge on any atom is 0.257 e. The highest BCUT2D eigenvalue weighted by Crippen LogP contribution is 2.20. The van der Waals surface area contributed by atoms with E-state index < -0.39 is 15.8 Å². The highest BCUT2D eigenvalue weighted by atomic mass is 35.5. The van der Waals surface area contributed by atoms with Gasteiger partial charge in [0.15, 0.2) is 5.03 Å². The zero-order chi connectivity index (χ0) is 13.3. The second kappa shape index (κ2) is 4.68. The summed E-state index contributed by atoms with van der Waals surface area (Å²) in [7, 11) is -3.85. The highest BCUT2D eigenvalue weighted by molar-refractivity contribution is 7.89. The van der Waals surface area contributed by atoms with Crippen LogP contribution >= 0.6 is 11.6 Å². The van der Waals surface area contributed by atoms with E-state index in [4.69, 9.17) is 16.7 Å². The monoisotopic (exact) mass is 289 g/mol. The van der Waals surface area contributed by atoms with Crippen LogP contribution in [-0.4, -0.2) is 18.0 Å². The predicted molar refractivity (Wildman–Crippen MR) is 64.1 cm³/mol. The number of rotatable bonds is 3. The summed E-state index contributed by atoms with van der Waals surface area (Å²) in [6.07, 6.45) is 2.47. The summed E-state index contributed by atoms with van der Waals surface area (Å²) in [6.45, 7) is 0.0774. The minimum Gasteiger partial charge on any atom is -0.331 e. The van der Waals surface area contributed by atoms with Crippen molar-refractivity contribution in [3.05, 3.63) is 47.1 Å². The van der Waals surface area contributed by atoms with Gasteiger partial charge in [0.2, 0.25) is 0 Å². The summed E-state index contributed by atoms with van der Waals surface area (Å²) in [5.74, 6) is -0.464.